The first kappa shape index (κ1) is 19.0. The number of nitrogens with zero attached hydrogens (tertiary/aromatic N) is 2. The van der Waals surface area contributed by atoms with Gasteiger partial charge in [0.15, 0.2) is 6.61 Å². The van der Waals surface area contributed by atoms with E-state index in [0.29, 0.717) is 5.75 Å². The van der Waals surface area contributed by atoms with Gasteiger partial charge in [-0.15, -0.1) is 0 Å². The van der Waals surface area contributed by atoms with Gasteiger partial charge in [-0.2, -0.15) is 0 Å². The predicted molar refractivity (Wildman–Crippen MR) is 108 cm³/mol. The molecule has 0 aliphatic carbocycles. The summed E-state index contributed by atoms with van der Waals surface area (Å²) in [7, 11) is 1.61. The lowest BCUT2D eigenvalue weighted by Crippen LogP contribution is -2.46. The predicted octanol–water partition coefficient (Wildman–Crippen LogP) is 2.85. The summed E-state index contributed by atoms with van der Waals surface area (Å²) in [6.07, 6.45) is 0. The van der Waals surface area contributed by atoms with Crippen molar-refractivity contribution >= 4 is 17.3 Å². The van der Waals surface area contributed by atoms with Crippen molar-refractivity contribution < 1.29 is 14.3 Å². The van der Waals surface area contributed by atoms with E-state index in [1.54, 1.807) is 31.4 Å². The quantitative estimate of drug-likeness (QED) is 0.813. The minimum absolute atomic E-state index is 0.0347. The lowest BCUT2D eigenvalue weighted by atomic mass is 10.2. The molecular weight excluding hydrogens is 342 g/mol. The van der Waals surface area contributed by atoms with E-state index in [0.717, 1.165) is 44.2 Å². The molecule has 0 bridgehead atoms. The number of piperazine rings is 1. The second-order valence-electron chi connectivity index (χ2n) is 6.48. The molecule has 3 rings (SSSR count). The van der Waals surface area contributed by atoms with Crippen molar-refractivity contribution in [2.75, 3.05) is 56.7 Å². The van der Waals surface area contributed by atoms with E-state index in [4.69, 9.17) is 9.47 Å². The first-order valence-corrected chi connectivity index (χ1v) is 9.32. The van der Waals surface area contributed by atoms with Gasteiger partial charge < -0.3 is 24.6 Å². The van der Waals surface area contributed by atoms with E-state index in [1.807, 2.05) is 12.1 Å². The largest absolute Gasteiger partial charge is 0.497 e. The molecule has 1 heterocycles. The van der Waals surface area contributed by atoms with Crippen LogP contribution >= 0.6 is 0 Å². The average Bonchev–Trinajstić information content (AvgIpc) is 2.73. The SMILES string of the molecule is CCN1CCN(c2ccc(NC(=O)COc3ccc(OC)cc3)cc2)CC1. The fraction of sp³-hybridized carbons (Fsp3) is 0.381. The molecule has 6 heteroatoms. The Morgan fingerprint density at radius 3 is 2.19 bits per heavy atom. The molecule has 1 amide bonds. The number of anilines is 2. The molecule has 1 fully saturated rings. The smallest absolute Gasteiger partial charge is 0.262 e. The summed E-state index contributed by atoms with van der Waals surface area (Å²) in [6.45, 7) is 7.54. The number of carbonyl (C=O) groups is 1. The number of amides is 1. The van der Waals surface area contributed by atoms with Crippen molar-refractivity contribution in [1.82, 2.24) is 4.90 Å². The number of methoxy groups -OCH3 is 1. The Bertz CT molecular complexity index is 723. The lowest BCUT2D eigenvalue weighted by molar-refractivity contribution is -0.118. The van der Waals surface area contributed by atoms with Gasteiger partial charge in [-0.05, 0) is 55.1 Å². The summed E-state index contributed by atoms with van der Waals surface area (Å²) in [4.78, 5) is 16.9. The zero-order valence-electron chi connectivity index (χ0n) is 16.0. The zero-order chi connectivity index (χ0) is 19.1. The van der Waals surface area contributed by atoms with E-state index in [-0.39, 0.29) is 12.5 Å². The minimum Gasteiger partial charge on any atom is -0.497 e. The van der Waals surface area contributed by atoms with Crippen LogP contribution in [0.15, 0.2) is 48.5 Å². The normalized spacial score (nSPS) is 14.7. The van der Waals surface area contributed by atoms with Crippen molar-refractivity contribution in [3.05, 3.63) is 48.5 Å². The molecule has 0 spiro atoms. The molecule has 6 nitrogen and oxygen atoms in total. The van der Waals surface area contributed by atoms with Gasteiger partial charge in [0.2, 0.25) is 0 Å². The van der Waals surface area contributed by atoms with Gasteiger partial charge in [-0.3, -0.25) is 4.79 Å². The van der Waals surface area contributed by atoms with Crippen molar-refractivity contribution in [2.45, 2.75) is 6.92 Å². The molecule has 0 aromatic heterocycles. The molecule has 2 aromatic carbocycles. The molecule has 0 saturated carbocycles. The van der Waals surface area contributed by atoms with Crippen LogP contribution in [0, 0.1) is 0 Å². The number of likely N-dealkylation sites (N-methyl/N-ethyl adjacent to an activating group) is 1. The fourth-order valence-corrected chi connectivity index (χ4v) is 3.10. The van der Waals surface area contributed by atoms with Crippen LogP contribution in [0.5, 0.6) is 11.5 Å². The summed E-state index contributed by atoms with van der Waals surface area (Å²) < 4.78 is 10.6. The van der Waals surface area contributed by atoms with Crippen LogP contribution in [0.3, 0.4) is 0 Å². The Hall–Kier alpha value is -2.73. The number of carbonyl (C=O) groups excluding carboxylic acids is 1. The highest BCUT2D eigenvalue weighted by atomic mass is 16.5. The maximum absolute atomic E-state index is 12.1. The van der Waals surface area contributed by atoms with E-state index in [2.05, 4.69) is 34.2 Å². The topological polar surface area (TPSA) is 54.0 Å². The van der Waals surface area contributed by atoms with Gasteiger partial charge in [-0.25, -0.2) is 0 Å². The van der Waals surface area contributed by atoms with E-state index < -0.39 is 0 Å². The molecule has 1 aliphatic rings. The van der Waals surface area contributed by atoms with E-state index >= 15 is 0 Å². The van der Waals surface area contributed by atoms with Crippen LogP contribution in [0.25, 0.3) is 0 Å². The van der Waals surface area contributed by atoms with Crippen LogP contribution in [0.1, 0.15) is 6.92 Å². The number of ether oxygens (including phenoxy) is 2. The summed E-state index contributed by atoms with van der Waals surface area (Å²) >= 11 is 0. The van der Waals surface area contributed by atoms with Crippen LogP contribution < -0.4 is 19.7 Å². The molecule has 1 saturated heterocycles. The fourth-order valence-electron chi connectivity index (χ4n) is 3.10. The third kappa shape index (κ3) is 5.37. The van der Waals surface area contributed by atoms with Gasteiger partial charge in [0.1, 0.15) is 11.5 Å². The van der Waals surface area contributed by atoms with Gasteiger partial charge in [0, 0.05) is 37.6 Å². The molecule has 0 atom stereocenters. The lowest BCUT2D eigenvalue weighted by Gasteiger charge is -2.35. The number of rotatable bonds is 7. The molecule has 0 unspecified atom stereocenters. The standard InChI is InChI=1S/C21H27N3O3/c1-3-23-12-14-24(15-13-23)18-6-4-17(5-7-18)22-21(25)16-27-20-10-8-19(26-2)9-11-20/h4-11H,3,12-16H2,1-2H3,(H,22,25). The van der Waals surface area contributed by atoms with Crippen LogP contribution in [-0.2, 0) is 4.79 Å². The van der Waals surface area contributed by atoms with Gasteiger partial charge in [-0.1, -0.05) is 6.92 Å². The average molecular weight is 369 g/mol. The summed E-state index contributed by atoms with van der Waals surface area (Å²) in [5.41, 5.74) is 1.97. The molecule has 144 valence electrons. The van der Waals surface area contributed by atoms with Gasteiger partial charge in [0.05, 0.1) is 7.11 Å². The second-order valence-corrected chi connectivity index (χ2v) is 6.48. The highest BCUT2D eigenvalue weighted by Crippen LogP contribution is 2.20. The van der Waals surface area contributed by atoms with E-state index in [1.165, 1.54) is 5.69 Å². The highest BCUT2D eigenvalue weighted by molar-refractivity contribution is 5.92. The summed E-state index contributed by atoms with van der Waals surface area (Å²) in [5, 5.41) is 2.87. The molecule has 1 aliphatic heterocycles. The molecular formula is C21H27N3O3. The van der Waals surface area contributed by atoms with Crippen molar-refractivity contribution in [3.8, 4) is 11.5 Å². The summed E-state index contributed by atoms with van der Waals surface area (Å²) in [5.74, 6) is 1.20. The van der Waals surface area contributed by atoms with E-state index in [9.17, 15) is 4.79 Å². The first-order valence-electron chi connectivity index (χ1n) is 9.32. The van der Waals surface area contributed by atoms with Crippen molar-refractivity contribution in [1.29, 1.82) is 0 Å². The third-order valence-corrected chi connectivity index (χ3v) is 4.77. The van der Waals surface area contributed by atoms with Crippen LogP contribution in [0.2, 0.25) is 0 Å². The third-order valence-electron chi connectivity index (χ3n) is 4.77. The maximum atomic E-state index is 12.1. The molecule has 1 N–H and O–H groups in total. The Morgan fingerprint density at radius 2 is 1.59 bits per heavy atom. The Balaban J connectivity index is 1.46. The van der Waals surface area contributed by atoms with Crippen molar-refractivity contribution in [3.63, 3.8) is 0 Å². The second kappa shape index (κ2) is 9.28. The van der Waals surface area contributed by atoms with Crippen molar-refractivity contribution in [2.24, 2.45) is 0 Å². The van der Waals surface area contributed by atoms with Crippen LogP contribution in [0.4, 0.5) is 11.4 Å². The molecule has 27 heavy (non-hydrogen) atoms. The monoisotopic (exact) mass is 369 g/mol. The van der Waals surface area contributed by atoms with Gasteiger partial charge >= 0.3 is 0 Å². The summed E-state index contributed by atoms with van der Waals surface area (Å²) in [6, 6.07) is 15.1. The Kier molecular flexibility index (Phi) is 6.54. The number of nitrogens with one attached hydrogen (secondary N) is 1. The zero-order valence-corrected chi connectivity index (χ0v) is 16.0. The molecule has 0 radical (unpaired) electrons. The van der Waals surface area contributed by atoms with Crippen LogP contribution in [-0.4, -0.2) is 57.2 Å². The highest BCUT2D eigenvalue weighted by Gasteiger charge is 2.15. The number of hydrogen-bond acceptors (Lipinski definition) is 5. The maximum Gasteiger partial charge on any atom is 0.262 e. The van der Waals surface area contributed by atoms with Gasteiger partial charge in [0.25, 0.3) is 5.91 Å². The minimum atomic E-state index is -0.185. The molecule has 2 aromatic rings. The number of benzene rings is 2. The Labute approximate surface area is 160 Å². The number of hydrogen-bond donors (Lipinski definition) is 1. The Morgan fingerprint density at radius 1 is 0.963 bits per heavy atom. The first-order chi connectivity index (χ1) is 13.2.